The van der Waals surface area contributed by atoms with Crippen molar-refractivity contribution in [2.24, 2.45) is 0 Å². The van der Waals surface area contributed by atoms with Crippen LogP contribution in [-0.2, 0) is 16.4 Å². The lowest BCUT2D eigenvalue weighted by molar-refractivity contribution is -0.385. The smallest absolute Gasteiger partial charge is 0.266 e. The highest BCUT2D eigenvalue weighted by atomic mass is 79.9. The van der Waals surface area contributed by atoms with E-state index in [1.54, 1.807) is 6.07 Å². The third kappa shape index (κ3) is 3.16. The number of hydrogen-bond donors (Lipinski definition) is 0. The van der Waals surface area contributed by atoms with Crippen LogP contribution < -0.4 is 4.31 Å². The molecule has 0 N–H and O–H groups in total. The third-order valence-corrected chi connectivity index (χ3v) is 6.29. The lowest BCUT2D eigenvalue weighted by Crippen LogP contribution is -2.31. The summed E-state index contributed by atoms with van der Waals surface area (Å²) in [4.78, 5) is 10.3. The Morgan fingerprint density at radius 1 is 1.12 bits per heavy atom. The Morgan fingerprint density at radius 3 is 2.67 bits per heavy atom. The first-order valence-corrected chi connectivity index (χ1v) is 9.68. The van der Waals surface area contributed by atoms with Crippen molar-refractivity contribution >= 4 is 37.3 Å². The van der Waals surface area contributed by atoms with Crippen molar-refractivity contribution in [1.82, 2.24) is 0 Å². The molecule has 0 bridgehead atoms. The van der Waals surface area contributed by atoms with E-state index in [9.17, 15) is 18.5 Å². The van der Waals surface area contributed by atoms with Gasteiger partial charge in [0, 0.05) is 23.2 Å². The fourth-order valence-electron chi connectivity index (χ4n) is 2.81. The largest absolute Gasteiger partial charge is 0.270 e. The van der Waals surface area contributed by atoms with E-state index in [0.29, 0.717) is 12.2 Å². The molecule has 1 heterocycles. The first-order chi connectivity index (χ1) is 11.4. The molecule has 1 aliphatic rings. The number of nitro benzene ring substituents is 1. The number of nitro groups is 1. The number of non-ortho nitro benzene ring substituents is 1. The molecule has 2 aromatic rings. The molecule has 1 aliphatic heterocycles. The number of benzene rings is 2. The van der Waals surface area contributed by atoms with Gasteiger partial charge in [0.15, 0.2) is 0 Å². The molecular weight excluding hydrogens is 396 g/mol. The van der Waals surface area contributed by atoms with Gasteiger partial charge >= 0.3 is 0 Å². The van der Waals surface area contributed by atoms with Gasteiger partial charge in [-0.3, -0.25) is 14.4 Å². The van der Waals surface area contributed by atoms with Gasteiger partial charge in [-0.2, -0.15) is 0 Å². The van der Waals surface area contributed by atoms with Gasteiger partial charge in [0.05, 0.1) is 15.5 Å². The molecule has 0 atom stereocenters. The van der Waals surface area contributed by atoms with Crippen molar-refractivity contribution in [3.8, 4) is 0 Å². The lowest BCUT2D eigenvalue weighted by Gasteiger charge is -2.24. The van der Waals surface area contributed by atoms with E-state index >= 15 is 0 Å². The second-order valence-electron chi connectivity index (χ2n) is 5.56. The number of sulfonamides is 1. The van der Waals surface area contributed by atoms with Crippen LogP contribution in [0.4, 0.5) is 11.4 Å². The molecule has 126 valence electrons. The number of rotatable bonds is 3. The van der Waals surface area contributed by atoms with Gasteiger partial charge in [-0.1, -0.05) is 28.1 Å². The first kappa shape index (κ1) is 16.9. The molecule has 8 heteroatoms. The number of hydrogen-bond acceptors (Lipinski definition) is 4. The molecule has 6 nitrogen and oxygen atoms in total. The molecule has 0 radical (unpaired) electrons. The average Bonchev–Trinajstić information content (AvgIpc) is 2.77. The van der Waals surface area contributed by atoms with Crippen LogP contribution in [0.25, 0.3) is 0 Å². The quantitative estimate of drug-likeness (QED) is 0.567. The molecule has 0 amide bonds. The van der Waals surface area contributed by atoms with E-state index in [0.717, 1.165) is 35.4 Å². The van der Waals surface area contributed by atoms with Crippen LogP contribution in [0.1, 0.15) is 18.4 Å². The molecule has 3 rings (SSSR count). The van der Waals surface area contributed by atoms with Gasteiger partial charge in [0.1, 0.15) is 0 Å². The van der Waals surface area contributed by atoms with E-state index < -0.39 is 14.9 Å². The zero-order valence-corrected chi connectivity index (χ0v) is 15.1. The Balaban J connectivity index is 2.12. The van der Waals surface area contributed by atoms with Crippen LogP contribution in [-0.4, -0.2) is 19.9 Å². The van der Waals surface area contributed by atoms with Crippen molar-refractivity contribution in [3.63, 3.8) is 0 Å². The number of nitrogens with zero attached hydrogens (tertiary/aromatic N) is 2. The summed E-state index contributed by atoms with van der Waals surface area (Å²) in [5.41, 5.74) is 1.36. The first-order valence-electron chi connectivity index (χ1n) is 7.45. The zero-order valence-electron chi connectivity index (χ0n) is 12.7. The van der Waals surface area contributed by atoms with Crippen LogP contribution in [0, 0.1) is 10.1 Å². The fraction of sp³-hybridized carbons (Fsp3) is 0.250. The van der Waals surface area contributed by atoms with E-state index in [-0.39, 0.29) is 10.6 Å². The summed E-state index contributed by atoms with van der Waals surface area (Å²) in [6.45, 7) is 0.356. The Morgan fingerprint density at radius 2 is 1.92 bits per heavy atom. The number of anilines is 1. The minimum Gasteiger partial charge on any atom is -0.266 e. The minimum absolute atomic E-state index is 0.0653. The molecule has 0 saturated heterocycles. The molecule has 0 aromatic heterocycles. The van der Waals surface area contributed by atoms with Crippen LogP contribution >= 0.6 is 15.9 Å². The van der Waals surface area contributed by atoms with Crippen LogP contribution in [0.5, 0.6) is 0 Å². The summed E-state index contributed by atoms with van der Waals surface area (Å²) in [6.07, 6.45) is 2.44. The number of fused-ring (bicyclic) bond motifs is 1. The van der Waals surface area contributed by atoms with E-state index in [4.69, 9.17) is 0 Å². The molecular formula is C16H15BrN2O4S. The summed E-state index contributed by atoms with van der Waals surface area (Å²) >= 11 is 3.39. The maximum absolute atomic E-state index is 13.1. The maximum atomic E-state index is 13.1. The van der Waals surface area contributed by atoms with E-state index in [2.05, 4.69) is 15.9 Å². The van der Waals surface area contributed by atoms with E-state index in [1.165, 1.54) is 22.5 Å². The molecule has 0 saturated carbocycles. The monoisotopic (exact) mass is 410 g/mol. The maximum Gasteiger partial charge on any atom is 0.270 e. The molecule has 24 heavy (non-hydrogen) atoms. The highest BCUT2D eigenvalue weighted by molar-refractivity contribution is 9.10. The van der Waals surface area contributed by atoms with Crippen molar-refractivity contribution in [2.45, 2.75) is 24.2 Å². The number of halogens is 1. The van der Waals surface area contributed by atoms with Gasteiger partial charge in [0.2, 0.25) is 0 Å². The third-order valence-electron chi connectivity index (χ3n) is 3.99. The standard InChI is InChI=1S/C16H15BrN2O4S/c17-13-8-7-12-4-1-2-9-18(16(12)10-13)24(22,23)15-6-3-5-14(11-15)19(20)21/h3,5-8,10-11H,1-2,4,9H2. The summed E-state index contributed by atoms with van der Waals surface area (Å²) in [6, 6.07) is 10.8. The SMILES string of the molecule is O=[N+]([O-])c1cccc(S(=O)(=O)N2CCCCc3ccc(Br)cc32)c1. The Labute approximate surface area is 148 Å². The summed E-state index contributed by atoms with van der Waals surface area (Å²) < 4.78 is 28.3. The Kier molecular flexibility index (Phi) is 4.60. The van der Waals surface area contributed by atoms with Gasteiger partial charge in [0.25, 0.3) is 15.7 Å². The predicted molar refractivity (Wildman–Crippen MR) is 94.7 cm³/mol. The second kappa shape index (κ2) is 6.52. The highest BCUT2D eigenvalue weighted by Gasteiger charge is 2.29. The fourth-order valence-corrected chi connectivity index (χ4v) is 4.73. The van der Waals surface area contributed by atoms with Gasteiger partial charge < -0.3 is 0 Å². The van der Waals surface area contributed by atoms with Crippen molar-refractivity contribution in [3.05, 3.63) is 62.6 Å². The van der Waals surface area contributed by atoms with Crippen molar-refractivity contribution in [1.29, 1.82) is 0 Å². The summed E-state index contributed by atoms with van der Waals surface area (Å²) in [5, 5.41) is 10.9. The van der Waals surface area contributed by atoms with E-state index in [1.807, 2.05) is 12.1 Å². The molecule has 0 spiro atoms. The molecule has 2 aromatic carbocycles. The van der Waals surface area contributed by atoms with Gasteiger partial charge in [-0.05, 0) is 43.0 Å². The molecule has 0 aliphatic carbocycles. The normalized spacial score (nSPS) is 14.8. The van der Waals surface area contributed by atoms with Crippen molar-refractivity contribution in [2.75, 3.05) is 10.8 Å². The highest BCUT2D eigenvalue weighted by Crippen LogP contribution is 2.34. The Hall–Kier alpha value is -1.93. The predicted octanol–water partition coefficient (Wildman–Crippen LogP) is 3.89. The molecule has 0 unspecified atom stereocenters. The Bertz CT molecular complexity index is 899. The van der Waals surface area contributed by atoms with Crippen LogP contribution in [0.2, 0.25) is 0 Å². The molecule has 0 fully saturated rings. The summed E-state index contributed by atoms with van der Waals surface area (Å²) in [7, 11) is -3.86. The minimum atomic E-state index is -3.86. The topological polar surface area (TPSA) is 80.5 Å². The second-order valence-corrected chi connectivity index (χ2v) is 8.34. The van der Waals surface area contributed by atoms with Gasteiger partial charge in [-0.15, -0.1) is 0 Å². The number of aryl methyl sites for hydroxylation is 1. The summed E-state index contributed by atoms with van der Waals surface area (Å²) in [5.74, 6) is 0. The van der Waals surface area contributed by atoms with Crippen LogP contribution in [0.3, 0.4) is 0 Å². The average molecular weight is 411 g/mol. The van der Waals surface area contributed by atoms with Crippen molar-refractivity contribution < 1.29 is 13.3 Å². The zero-order chi connectivity index (χ0) is 17.3. The van der Waals surface area contributed by atoms with Crippen LogP contribution in [0.15, 0.2) is 51.8 Å². The lowest BCUT2D eigenvalue weighted by atomic mass is 10.1. The van der Waals surface area contributed by atoms with Gasteiger partial charge in [-0.25, -0.2) is 8.42 Å².